The first-order valence-corrected chi connectivity index (χ1v) is 4.52. The van der Waals surface area contributed by atoms with Crippen molar-refractivity contribution in [2.24, 2.45) is 5.92 Å². The summed E-state index contributed by atoms with van der Waals surface area (Å²) in [6, 6.07) is 0.368. The van der Waals surface area contributed by atoms with Gasteiger partial charge in [-0.15, -0.1) is 0 Å². The molecule has 2 atom stereocenters. The summed E-state index contributed by atoms with van der Waals surface area (Å²) in [5.41, 5.74) is 1.32. The van der Waals surface area contributed by atoms with E-state index in [2.05, 4.69) is 32.2 Å². The number of hydrogen-bond donors (Lipinski definition) is 1. The van der Waals surface area contributed by atoms with E-state index < -0.39 is 0 Å². The van der Waals surface area contributed by atoms with Gasteiger partial charge in [-0.05, 0) is 26.2 Å². The Labute approximate surface area is 74.0 Å². The molecule has 1 aliphatic rings. The lowest BCUT2D eigenvalue weighted by molar-refractivity contribution is -0.119. The molecule has 1 aliphatic heterocycles. The first-order chi connectivity index (χ1) is 5.59. The highest BCUT2D eigenvalue weighted by molar-refractivity contribution is 5.78. The Kier molecular flexibility index (Phi) is 2.90. The molecule has 0 spiro atoms. The summed E-state index contributed by atoms with van der Waals surface area (Å²) in [5, 5.41) is 2.98. The van der Waals surface area contributed by atoms with E-state index in [0.29, 0.717) is 18.4 Å². The molecule has 0 aromatic rings. The van der Waals surface area contributed by atoms with E-state index in [1.807, 2.05) is 0 Å². The zero-order chi connectivity index (χ0) is 9.14. The highest BCUT2D eigenvalue weighted by Gasteiger charge is 2.27. The number of carbonyl (C=O) groups is 1. The van der Waals surface area contributed by atoms with Gasteiger partial charge in [-0.1, -0.05) is 18.6 Å². The van der Waals surface area contributed by atoms with Gasteiger partial charge in [-0.3, -0.25) is 4.79 Å². The van der Waals surface area contributed by atoms with Crippen LogP contribution >= 0.6 is 0 Å². The molecule has 1 fully saturated rings. The molecule has 0 aliphatic carbocycles. The van der Waals surface area contributed by atoms with Gasteiger partial charge >= 0.3 is 0 Å². The van der Waals surface area contributed by atoms with Crippen LogP contribution in [0, 0.1) is 5.92 Å². The molecule has 0 bridgehead atoms. The molecule has 12 heavy (non-hydrogen) atoms. The Balaban J connectivity index is 2.43. The van der Waals surface area contributed by atoms with Crippen molar-refractivity contribution in [3.63, 3.8) is 0 Å². The molecule has 1 N–H and O–H groups in total. The van der Waals surface area contributed by atoms with Gasteiger partial charge in [-0.2, -0.15) is 0 Å². The van der Waals surface area contributed by atoms with Crippen LogP contribution in [0.2, 0.25) is 0 Å². The molecule has 0 radical (unpaired) electrons. The molecular formula is C10H17NO. The van der Waals surface area contributed by atoms with Crippen molar-refractivity contribution in [1.82, 2.24) is 5.32 Å². The average Bonchev–Trinajstić information content (AvgIpc) is 2.26. The summed E-state index contributed by atoms with van der Waals surface area (Å²) in [6.45, 7) is 6.30. The van der Waals surface area contributed by atoms with Gasteiger partial charge in [0.05, 0.1) is 0 Å². The van der Waals surface area contributed by atoms with Crippen molar-refractivity contribution in [2.45, 2.75) is 39.7 Å². The fourth-order valence-corrected chi connectivity index (χ4v) is 1.50. The summed E-state index contributed by atoms with van der Waals surface area (Å²) in [5.74, 6) is 0.697. The fourth-order valence-electron chi connectivity index (χ4n) is 1.50. The van der Waals surface area contributed by atoms with Gasteiger partial charge < -0.3 is 5.32 Å². The summed E-state index contributed by atoms with van der Waals surface area (Å²) in [6.07, 6.45) is 3.86. The molecule has 68 valence electrons. The fraction of sp³-hybridized carbons (Fsp3) is 0.700. The molecular weight excluding hydrogens is 150 g/mol. The van der Waals surface area contributed by atoms with E-state index in [-0.39, 0.29) is 5.91 Å². The Morgan fingerprint density at radius 1 is 1.67 bits per heavy atom. The molecule has 1 rings (SSSR count). The maximum absolute atomic E-state index is 11.0. The van der Waals surface area contributed by atoms with E-state index in [0.717, 1.165) is 6.42 Å². The minimum Gasteiger partial charge on any atom is -0.353 e. The maximum Gasteiger partial charge on any atom is 0.220 e. The predicted molar refractivity (Wildman–Crippen MR) is 49.8 cm³/mol. The first kappa shape index (κ1) is 9.30. The lowest BCUT2D eigenvalue weighted by Crippen LogP contribution is -2.27. The molecule has 1 saturated heterocycles. The third-order valence-electron chi connectivity index (χ3n) is 2.32. The minimum absolute atomic E-state index is 0.203. The Morgan fingerprint density at radius 2 is 2.33 bits per heavy atom. The van der Waals surface area contributed by atoms with Crippen LogP contribution in [0.4, 0.5) is 0 Å². The maximum atomic E-state index is 11.0. The van der Waals surface area contributed by atoms with Crippen LogP contribution in [0.25, 0.3) is 0 Å². The van der Waals surface area contributed by atoms with Crippen molar-refractivity contribution in [3.8, 4) is 0 Å². The van der Waals surface area contributed by atoms with Crippen molar-refractivity contribution in [3.05, 3.63) is 11.6 Å². The van der Waals surface area contributed by atoms with E-state index in [9.17, 15) is 4.79 Å². The molecule has 0 aromatic carbocycles. The third-order valence-corrected chi connectivity index (χ3v) is 2.32. The van der Waals surface area contributed by atoms with E-state index >= 15 is 0 Å². The number of hydrogen-bond acceptors (Lipinski definition) is 1. The standard InChI is InChI=1S/C10H17NO/c1-7(2)4-5-9-8(3)6-10(12)11-9/h4,8-9H,5-6H2,1-3H3,(H,11,12)/t8-,9?/m0/s1. The molecule has 2 nitrogen and oxygen atoms in total. The SMILES string of the molecule is CC(C)=CCC1NC(=O)C[C@@H]1C. The van der Waals surface area contributed by atoms with Crippen LogP contribution in [-0.4, -0.2) is 11.9 Å². The van der Waals surface area contributed by atoms with Crippen molar-refractivity contribution < 1.29 is 4.79 Å². The lowest BCUT2D eigenvalue weighted by atomic mass is 10.00. The zero-order valence-corrected chi connectivity index (χ0v) is 8.05. The molecule has 0 aromatic heterocycles. The smallest absolute Gasteiger partial charge is 0.220 e. The summed E-state index contributed by atoms with van der Waals surface area (Å²) in [4.78, 5) is 11.0. The Hall–Kier alpha value is -0.790. The largest absolute Gasteiger partial charge is 0.353 e. The van der Waals surface area contributed by atoms with Crippen LogP contribution in [0.15, 0.2) is 11.6 Å². The summed E-state index contributed by atoms with van der Waals surface area (Å²) < 4.78 is 0. The highest BCUT2D eigenvalue weighted by Crippen LogP contribution is 2.18. The monoisotopic (exact) mass is 167 g/mol. The molecule has 1 amide bonds. The van der Waals surface area contributed by atoms with Gasteiger partial charge in [-0.25, -0.2) is 0 Å². The van der Waals surface area contributed by atoms with Crippen LogP contribution in [0.3, 0.4) is 0 Å². The van der Waals surface area contributed by atoms with Crippen LogP contribution < -0.4 is 5.32 Å². The quantitative estimate of drug-likeness (QED) is 0.625. The molecule has 1 heterocycles. The van der Waals surface area contributed by atoms with Gasteiger partial charge in [0.1, 0.15) is 0 Å². The van der Waals surface area contributed by atoms with Gasteiger partial charge in [0.2, 0.25) is 5.91 Å². The second kappa shape index (κ2) is 3.74. The Bertz CT molecular complexity index is 204. The predicted octanol–water partition coefficient (Wildman–Crippen LogP) is 1.87. The summed E-state index contributed by atoms with van der Waals surface area (Å²) >= 11 is 0. The number of carbonyl (C=O) groups excluding carboxylic acids is 1. The number of nitrogens with one attached hydrogen (secondary N) is 1. The summed E-state index contributed by atoms with van der Waals surface area (Å²) in [7, 11) is 0. The molecule has 2 heteroatoms. The first-order valence-electron chi connectivity index (χ1n) is 4.52. The third kappa shape index (κ3) is 2.36. The lowest BCUT2D eigenvalue weighted by Gasteiger charge is -2.12. The van der Waals surface area contributed by atoms with Gasteiger partial charge in [0, 0.05) is 12.5 Å². The Morgan fingerprint density at radius 3 is 2.75 bits per heavy atom. The number of rotatable bonds is 2. The highest BCUT2D eigenvalue weighted by atomic mass is 16.1. The van der Waals surface area contributed by atoms with E-state index in [1.165, 1.54) is 5.57 Å². The average molecular weight is 167 g/mol. The van der Waals surface area contributed by atoms with Crippen molar-refractivity contribution >= 4 is 5.91 Å². The van der Waals surface area contributed by atoms with E-state index in [4.69, 9.17) is 0 Å². The van der Waals surface area contributed by atoms with Crippen LogP contribution in [-0.2, 0) is 4.79 Å². The van der Waals surface area contributed by atoms with Crippen LogP contribution in [0.5, 0.6) is 0 Å². The number of amides is 1. The van der Waals surface area contributed by atoms with E-state index in [1.54, 1.807) is 0 Å². The second-order valence-electron chi connectivity index (χ2n) is 3.87. The normalized spacial score (nSPS) is 28.4. The molecule has 0 saturated carbocycles. The van der Waals surface area contributed by atoms with Crippen molar-refractivity contribution in [1.29, 1.82) is 0 Å². The molecule has 1 unspecified atom stereocenters. The van der Waals surface area contributed by atoms with Gasteiger partial charge in [0.15, 0.2) is 0 Å². The topological polar surface area (TPSA) is 29.1 Å². The van der Waals surface area contributed by atoms with Crippen LogP contribution in [0.1, 0.15) is 33.6 Å². The minimum atomic E-state index is 0.203. The van der Waals surface area contributed by atoms with Crippen molar-refractivity contribution in [2.75, 3.05) is 0 Å². The van der Waals surface area contributed by atoms with Gasteiger partial charge in [0.25, 0.3) is 0 Å². The second-order valence-corrected chi connectivity index (χ2v) is 3.87. The zero-order valence-electron chi connectivity index (χ0n) is 8.05. The number of allylic oxidation sites excluding steroid dienone is 1.